The van der Waals surface area contributed by atoms with E-state index >= 15 is 0 Å². The number of halogens is 1. The standard InChI is InChI=1S/C12H14ClN5OS/c1-8(20-12-15-16-17-18(12)2)11(19)14-7-9-3-5-10(13)6-4-9/h3-6,8H,7H2,1-2H3,(H,14,19)/t8-/m0/s1. The van der Waals surface area contributed by atoms with Crippen LogP contribution in [0.15, 0.2) is 29.4 Å². The fraction of sp³-hybridized carbons (Fsp3) is 0.333. The number of benzene rings is 1. The van der Waals surface area contributed by atoms with Crippen LogP contribution in [-0.2, 0) is 18.4 Å². The molecule has 1 amide bonds. The third kappa shape index (κ3) is 3.94. The van der Waals surface area contributed by atoms with Crippen molar-refractivity contribution < 1.29 is 4.79 Å². The molecule has 1 atom stereocenters. The van der Waals surface area contributed by atoms with Crippen molar-refractivity contribution >= 4 is 29.3 Å². The quantitative estimate of drug-likeness (QED) is 0.850. The number of aryl methyl sites for hydroxylation is 1. The predicted molar refractivity (Wildman–Crippen MR) is 77.4 cm³/mol. The molecule has 0 aliphatic heterocycles. The van der Waals surface area contributed by atoms with Gasteiger partial charge in [-0.25, -0.2) is 4.68 Å². The maximum absolute atomic E-state index is 12.0. The molecule has 20 heavy (non-hydrogen) atoms. The lowest BCUT2D eigenvalue weighted by Gasteiger charge is -2.10. The Morgan fingerprint density at radius 1 is 1.45 bits per heavy atom. The first-order valence-electron chi connectivity index (χ1n) is 5.97. The lowest BCUT2D eigenvalue weighted by atomic mass is 10.2. The van der Waals surface area contributed by atoms with Gasteiger partial charge in [0, 0.05) is 18.6 Å². The summed E-state index contributed by atoms with van der Waals surface area (Å²) in [6, 6.07) is 7.36. The van der Waals surface area contributed by atoms with Gasteiger partial charge in [-0.3, -0.25) is 4.79 Å². The van der Waals surface area contributed by atoms with Crippen LogP contribution in [0.2, 0.25) is 5.02 Å². The number of thioether (sulfide) groups is 1. The Bertz CT molecular complexity index is 586. The number of aromatic nitrogens is 4. The molecular formula is C12H14ClN5OS. The second-order valence-corrected chi connectivity index (χ2v) is 5.93. The van der Waals surface area contributed by atoms with Gasteiger partial charge in [-0.15, -0.1) is 5.10 Å². The molecular weight excluding hydrogens is 298 g/mol. The van der Waals surface area contributed by atoms with Crippen molar-refractivity contribution in [2.75, 3.05) is 0 Å². The van der Waals surface area contributed by atoms with E-state index in [4.69, 9.17) is 11.6 Å². The van der Waals surface area contributed by atoms with Gasteiger partial charge >= 0.3 is 0 Å². The summed E-state index contributed by atoms with van der Waals surface area (Å²) in [4.78, 5) is 12.0. The van der Waals surface area contributed by atoms with E-state index in [1.807, 2.05) is 19.1 Å². The summed E-state index contributed by atoms with van der Waals surface area (Å²) in [5, 5.41) is 15.0. The summed E-state index contributed by atoms with van der Waals surface area (Å²) < 4.78 is 1.54. The molecule has 6 nitrogen and oxygen atoms in total. The maximum Gasteiger partial charge on any atom is 0.233 e. The van der Waals surface area contributed by atoms with Gasteiger partial charge in [0.2, 0.25) is 11.1 Å². The van der Waals surface area contributed by atoms with Crippen molar-refractivity contribution in [2.45, 2.75) is 23.9 Å². The van der Waals surface area contributed by atoms with Crippen LogP contribution < -0.4 is 5.32 Å². The third-order valence-electron chi connectivity index (χ3n) is 2.61. The lowest BCUT2D eigenvalue weighted by Crippen LogP contribution is -2.30. The summed E-state index contributed by atoms with van der Waals surface area (Å²) in [6.07, 6.45) is 0. The van der Waals surface area contributed by atoms with Crippen molar-refractivity contribution in [3.63, 3.8) is 0 Å². The molecule has 0 bridgehead atoms. The Morgan fingerprint density at radius 2 is 2.15 bits per heavy atom. The molecule has 2 rings (SSSR count). The van der Waals surface area contributed by atoms with Gasteiger partial charge in [-0.2, -0.15) is 0 Å². The number of nitrogens with one attached hydrogen (secondary N) is 1. The van der Waals surface area contributed by atoms with Crippen LogP contribution in [0, 0.1) is 0 Å². The van der Waals surface area contributed by atoms with Gasteiger partial charge in [-0.1, -0.05) is 35.5 Å². The Kier molecular flexibility index (Phi) is 4.97. The highest BCUT2D eigenvalue weighted by atomic mass is 35.5. The number of amides is 1. The van der Waals surface area contributed by atoms with Crippen LogP contribution in [-0.4, -0.2) is 31.4 Å². The van der Waals surface area contributed by atoms with E-state index < -0.39 is 0 Å². The average molecular weight is 312 g/mol. The van der Waals surface area contributed by atoms with Crippen LogP contribution in [0.5, 0.6) is 0 Å². The Balaban J connectivity index is 1.85. The monoisotopic (exact) mass is 311 g/mol. The van der Waals surface area contributed by atoms with Crippen LogP contribution in [0.25, 0.3) is 0 Å². The van der Waals surface area contributed by atoms with Crippen LogP contribution in [0.1, 0.15) is 12.5 Å². The smallest absolute Gasteiger partial charge is 0.233 e. The summed E-state index contributed by atoms with van der Waals surface area (Å²) in [5.74, 6) is -0.0621. The van der Waals surface area contributed by atoms with E-state index in [-0.39, 0.29) is 11.2 Å². The zero-order chi connectivity index (χ0) is 14.5. The fourth-order valence-corrected chi connectivity index (χ4v) is 2.37. The van der Waals surface area contributed by atoms with E-state index in [9.17, 15) is 4.79 Å². The SMILES string of the molecule is C[C@H](Sc1nnnn1C)C(=O)NCc1ccc(Cl)cc1. The molecule has 8 heteroatoms. The number of carbonyl (C=O) groups excluding carboxylic acids is 1. The minimum atomic E-state index is -0.271. The molecule has 1 aromatic heterocycles. The van der Waals surface area contributed by atoms with Crippen LogP contribution in [0.4, 0.5) is 0 Å². The third-order valence-corrected chi connectivity index (χ3v) is 3.99. The number of nitrogens with zero attached hydrogens (tertiary/aromatic N) is 4. The van der Waals surface area contributed by atoms with Crippen LogP contribution in [0.3, 0.4) is 0 Å². The highest BCUT2D eigenvalue weighted by molar-refractivity contribution is 8.00. The topological polar surface area (TPSA) is 72.7 Å². The van der Waals surface area contributed by atoms with E-state index in [1.54, 1.807) is 19.2 Å². The molecule has 1 heterocycles. The van der Waals surface area contributed by atoms with Crippen molar-refractivity contribution in [1.29, 1.82) is 0 Å². The molecule has 1 aromatic carbocycles. The van der Waals surface area contributed by atoms with Gasteiger partial charge in [0.1, 0.15) is 0 Å². The molecule has 2 aromatic rings. The highest BCUT2D eigenvalue weighted by Gasteiger charge is 2.17. The van der Waals surface area contributed by atoms with Crippen molar-refractivity contribution in [2.24, 2.45) is 7.05 Å². The molecule has 0 saturated heterocycles. The Hall–Kier alpha value is -1.60. The zero-order valence-corrected chi connectivity index (χ0v) is 12.6. The largest absolute Gasteiger partial charge is 0.351 e. The van der Waals surface area contributed by atoms with Crippen molar-refractivity contribution in [3.8, 4) is 0 Å². The average Bonchev–Trinajstić information content (AvgIpc) is 2.83. The number of tetrazole rings is 1. The van der Waals surface area contributed by atoms with Crippen molar-refractivity contribution in [3.05, 3.63) is 34.9 Å². The molecule has 0 spiro atoms. The molecule has 0 fully saturated rings. The second kappa shape index (κ2) is 6.71. The van der Waals surface area contributed by atoms with E-state index in [0.717, 1.165) is 5.56 Å². The van der Waals surface area contributed by atoms with Crippen molar-refractivity contribution in [1.82, 2.24) is 25.5 Å². The zero-order valence-electron chi connectivity index (χ0n) is 11.1. The first-order valence-corrected chi connectivity index (χ1v) is 7.23. The number of hydrogen-bond donors (Lipinski definition) is 1. The second-order valence-electron chi connectivity index (χ2n) is 4.19. The summed E-state index contributed by atoms with van der Waals surface area (Å²) in [6.45, 7) is 2.29. The molecule has 106 valence electrons. The number of hydrogen-bond acceptors (Lipinski definition) is 5. The molecule has 0 aliphatic carbocycles. The van der Waals surface area contributed by atoms with Gasteiger partial charge in [-0.05, 0) is 35.0 Å². The predicted octanol–water partition coefficient (Wildman–Crippen LogP) is 1.66. The van der Waals surface area contributed by atoms with Gasteiger partial charge in [0.05, 0.1) is 5.25 Å². The Labute approximate surface area is 125 Å². The maximum atomic E-state index is 12.0. The van der Waals surface area contributed by atoms with E-state index in [0.29, 0.717) is 16.7 Å². The normalized spacial score (nSPS) is 12.2. The minimum absolute atomic E-state index is 0.0621. The van der Waals surface area contributed by atoms with Gasteiger partial charge < -0.3 is 5.32 Å². The highest BCUT2D eigenvalue weighted by Crippen LogP contribution is 2.19. The van der Waals surface area contributed by atoms with E-state index in [1.165, 1.54) is 16.4 Å². The first kappa shape index (κ1) is 14.8. The molecule has 0 aliphatic rings. The Morgan fingerprint density at radius 3 is 2.75 bits per heavy atom. The first-order chi connectivity index (χ1) is 9.56. The number of carbonyl (C=O) groups is 1. The van der Waals surface area contributed by atoms with Gasteiger partial charge in [0.15, 0.2) is 0 Å². The molecule has 0 radical (unpaired) electrons. The molecule has 0 saturated carbocycles. The summed E-state index contributed by atoms with van der Waals surface area (Å²) >= 11 is 7.12. The molecule has 0 unspecified atom stereocenters. The summed E-state index contributed by atoms with van der Waals surface area (Å²) in [5.41, 5.74) is 1.00. The van der Waals surface area contributed by atoms with Gasteiger partial charge in [0.25, 0.3) is 0 Å². The lowest BCUT2D eigenvalue weighted by molar-refractivity contribution is -0.120. The molecule has 1 N–H and O–H groups in total. The van der Waals surface area contributed by atoms with Crippen LogP contribution >= 0.6 is 23.4 Å². The van der Waals surface area contributed by atoms with E-state index in [2.05, 4.69) is 20.8 Å². The minimum Gasteiger partial charge on any atom is -0.351 e. The number of rotatable bonds is 5. The summed E-state index contributed by atoms with van der Waals surface area (Å²) in [7, 11) is 1.74. The fourth-order valence-electron chi connectivity index (χ4n) is 1.47.